The van der Waals surface area contributed by atoms with Gasteiger partial charge in [-0.3, -0.25) is 14.5 Å². The Balaban J connectivity index is 1.33. The third kappa shape index (κ3) is 6.20. The number of rotatable bonds is 9. The zero-order valence-corrected chi connectivity index (χ0v) is 25.8. The molecule has 1 saturated heterocycles. The maximum atomic E-state index is 14.9. The number of hydrogen-bond acceptors (Lipinski definition) is 9. The van der Waals surface area contributed by atoms with E-state index in [9.17, 15) is 29.0 Å². The molecule has 1 aliphatic heterocycles. The van der Waals surface area contributed by atoms with Crippen molar-refractivity contribution in [2.24, 2.45) is 5.41 Å². The van der Waals surface area contributed by atoms with Crippen molar-refractivity contribution in [1.29, 1.82) is 0 Å². The molecule has 2 N–H and O–H groups in total. The van der Waals surface area contributed by atoms with Crippen LogP contribution in [0.3, 0.4) is 0 Å². The topological polar surface area (TPSA) is 152 Å². The first-order valence-electron chi connectivity index (χ1n) is 14.7. The van der Waals surface area contributed by atoms with E-state index < -0.39 is 47.1 Å². The number of benzene rings is 3. The fourth-order valence-corrected chi connectivity index (χ4v) is 5.81. The van der Waals surface area contributed by atoms with Gasteiger partial charge in [0.25, 0.3) is 5.89 Å². The van der Waals surface area contributed by atoms with Crippen molar-refractivity contribution in [3.63, 3.8) is 0 Å². The van der Waals surface area contributed by atoms with Crippen LogP contribution in [-0.4, -0.2) is 67.6 Å². The number of likely N-dealkylation sites (tertiary alicyclic amines) is 1. The molecule has 0 spiro atoms. The Morgan fingerprint density at radius 1 is 0.978 bits per heavy atom. The Morgan fingerprint density at radius 3 is 2.24 bits per heavy atom. The highest BCUT2D eigenvalue weighted by atomic mass is 19.1. The molecule has 0 bridgehead atoms. The second kappa shape index (κ2) is 12.7. The number of piperidine rings is 1. The van der Waals surface area contributed by atoms with Crippen LogP contribution in [0.4, 0.5) is 9.18 Å². The maximum Gasteiger partial charge on any atom is 0.508 e. The number of carbonyl (C=O) groups excluding carboxylic acids is 1. The number of aromatic nitrogens is 2. The van der Waals surface area contributed by atoms with E-state index in [0.29, 0.717) is 29.1 Å². The molecule has 46 heavy (non-hydrogen) atoms. The number of halogens is 1. The van der Waals surface area contributed by atoms with Crippen molar-refractivity contribution in [2.45, 2.75) is 58.4 Å². The van der Waals surface area contributed by atoms with Crippen molar-refractivity contribution in [3.8, 4) is 34.0 Å². The van der Waals surface area contributed by atoms with Crippen LogP contribution in [0.15, 0.2) is 77.3 Å². The van der Waals surface area contributed by atoms with Gasteiger partial charge in [0.2, 0.25) is 11.2 Å². The minimum atomic E-state index is -2.36. The number of ether oxygens (including phenoxy) is 2. The second-order valence-corrected chi connectivity index (χ2v) is 12.0. The average Bonchev–Trinajstić information content (AvgIpc) is 3.50. The zero-order chi connectivity index (χ0) is 33.2. The van der Waals surface area contributed by atoms with Crippen LogP contribution in [-0.2, 0) is 25.6 Å². The smallest absolute Gasteiger partial charge is 0.480 e. The van der Waals surface area contributed by atoms with Gasteiger partial charge in [-0.2, -0.15) is 4.98 Å². The van der Waals surface area contributed by atoms with Crippen molar-refractivity contribution in [3.05, 3.63) is 84.2 Å². The standard InChI is InChI=1S/C34H34FN3O8/c1-20(2)44-32(43)45-29-33(3,4)38(17-16-34(29,30(39)40)31(41)42)19-21-10-12-23(13-11-21)27-36-28(46-37-27)24-14-15-25(26(35)18-24)22-8-6-5-7-9-22/h5-15,18,20,29H,16-17,19H2,1-4H3,(H,39,40)(H,41,42). The van der Waals surface area contributed by atoms with Gasteiger partial charge in [-0.05, 0) is 57.4 Å². The van der Waals surface area contributed by atoms with E-state index in [1.807, 2.05) is 47.4 Å². The molecule has 3 aromatic carbocycles. The van der Waals surface area contributed by atoms with E-state index in [2.05, 4.69) is 10.1 Å². The van der Waals surface area contributed by atoms with Gasteiger partial charge in [0.1, 0.15) is 5.82 Å². The monoisotopic (exact) mass is 631 g/mol. The van der Waals surface area contributed by atoms with E-state index in [-0.39, 0.29) is 18.9 Å². The lowest BCUT2D eigenvalue weighted by Crippen LogP contribution is -2.69. The maximum absolute atomic E-state index is 14.9. The van der Waals surface area contributed by atoms with E-state index in [4.69, 9.17) is 14.0 Å². The molecule has 4 aromatic rings. The fourth-order valence-electron chi connectivity index (χ4n) is 5.81. The Bertz CT molecular complexity index is 1720. The van der Waals surface area contributed by atoms with Gasteiger partial charge < -0.3 is 24.2 Å². The van der Waals surface area contributed by atoms with Crippen molar-refractivity contribution in [2.75, 3.05) is 6.54 Å². The lowest BCUT2D eigenvalue weighted by molar-refractivity contribution is -0.196. The molecular formula is C34H34FN3O8. The Hall–Kier alpha value is -5.10. The van der Waals surface area contributed by atoms with Crippen molar-refractivity contribution in [1.82, 2.24) is 15.0 Å². The summed E-state index contributed by atoms with van der Waals surface area (Å²) < 4.78 is 30.9. The first kappa shape index (κ1) is 32.3. The van der Waals surface area contributed by atoms with Gasteiger partial charge in [0, 0.05) is 29.8 Å². The highest BCUT2D eigenvalue weighted by Crippen LogP contribution is 2.44. The number of carboxylic acids is 2. The van der Waals surface area contributed by atoms with Crippen molar-refractivity contribution < 1.29 is 43.0 Å². The largest absolute Gasteiger partial charge is 0.508 e. The van der Waals surface area contributed by atoms with Gasteiger partial charge in [-0.25, -0.2) is 9.18 Å². The molecule has 1 aromatic heterocycles. The van der Waals surface area contributed by atoms with Crippen LogP contribution in [0, 0.1) is 11.2 Å². The summed E-state index contributed by atoms with van der Waals surface area (Å²) in [5.41, 5.74) is -0.453. The molecule has 0 radical (unpaired) electrons. The molecule has 12 heteroatoms. The number of nitrogens with zero attached hydrogens (tertiary/aromatic N) is 3. The first-order chi connectivity index (χ1) is 21.8. The second-order valence-electron chi connectivity index (χ2n) is 12.0. The summed E-state index contributed by atoms with van der Waals surface area (Å²) in [6, 6.07) is 21.2. The van der Waals surface area contributed by atoms with E-state index in [0.717, 1.165) is 11.1 Å². The summed E-state index contributed by atoms with van der Waals surface area (Å²) in [6.07, 6.45) is -3.54. The summed E-state index contributed by atoms with van der Waals surface area (Å²) in [5.74, 6) is -3.13. The predicted molar refractivity (Wildman–Crippen MR) is 164 cm³/mol. The van der Waals surface area contributed by atoms with Gasteiger partial charge in [-0.1, -0.05) is 65.8 Å². The predicted octanol–water partition coefficient (Wildman–Crippen LogP) is 6.28. The SMILES string of the molecule is CC(C)OC(=O)OC1C(C(=O)O)(C(=O)O)CCN(Cc2ccc(-c3noc(-c4ccc(-c5ccccc5)c(F)c4)n3)cc2)C1(C)C. The number of carboxylic acid groups (broad SMARTS) is 2. The van der Waals surface area contributed by atoms with Gasteiger partial charge in [-0.15, -0.1) is 0 Å². The molecule has 1 atom stereocenters. The molecule has 2 heterocycles. The summed E-state index contributed by atoms with van der Waals surface area (Å²) in [7, 11) is 0. The summed E-state index contributed by atoms with van der Waals surface area (Å²) in [6.45, 7) is 6.90. The molecule has 0 aliphatic carbocycles. The summed E-state index contributed by atoms with van der Waals surface area (Å²) >= 11 is 0. The molecule has 1 fully saturated rings. The van der Waals surface area contributed by atoms with E-state index in [1.165, 1.54) is 6.07 Å². The quantitative estimate of drug-likeness (QED) is 0.159. The number of carbonyl (C=O) groups is 3. The Kier molecular flexibility index (Phi) is 8.93. The number of hydrogen-bond donors (Lipinski definition) is 2. The molecule has 0 amide bonds. The summed E-state index contributed by atoms with van der Waals surface area (Å²) in [5, 5.41) is 24.2. The molecule has 1 aliphatic rings. The van der Waals surface area contributed by atoms with Crippen LogP contribution in [0.2, 0.25) is 0 Å². The van der Waals surface area contributed by atoms with E-state index >= 15 is 0 Å². The molecule has 240 valence electrons. The molecular weight excluding hydrogens is 597 g/mol. The van der Waals surface area contributed by atoms with E-state index in [1.54, 1.807) is 52.0 Å². The highest BCUT2D eigenvalue weighted by molar-refractivity contribution is 5.99. The molecule has 11 nitrogen and oxygen atoms in total. The van der Waals surface area contributed by atoms with Gasteiger partial charge in [0.05, 0.1) is 11.6 Å². The fraction of sp³-hybridized carbons (Fsp3) is 0.324. The van der Waals surface area contributed by atoms with Crippen LogP contribution >= 0.6 is 0 Å². The normalized spacial score (nSPS) is 17.4. The minimum absolute atomic E-state index is 0.111. The Morgan fingerprint density at radius 2 is 1.63 bits per heavy atom. The minimum Gasteiger partial charge on any atom is -0.480 e. The highest BCUT2D eigenvalue weighted by Gasteiger charge is 2.64. The van der Waals surface area contributed by atoms with Gasteiger partial charge >= 0.3 is 18.1 Å². The third-order valence-electron chi connectivity index (χ3n) is 8.30. The number of aliphatic carboxylic acids is 2. The first-order valence-corrected chi connectivity index (χ1v) is 14.7. The molecule has 1 unspecified atom stereocenters. The summed E-state index contributed by atoms with van der Waals surface area (Å²) in [4.78, 5) is 43.5. The van der Waals surface area contributed by atoms with Crippen LogP contribution in [0.1, 0.15) is 39.7 Å². The Labute approximate surface area is 264 Å². The van der Waals surface area contributed by atoms with Crippen LogP contribution in [0.5, 0.6) is 0 Å². The molecule has 5 rings (SSSR count). The zero-order valence-electron chi connectivity index (χ0n) is 25.8. The lowest BCUT2D eigenvalue weighted by atomic mass is 9.67. The van der Waals surface area contributed by atoms with Crippen LogP contribution in [0.25, 0.3) is 34.0 Å². The van der Waals surface area contributed by atoms with Crippen molar-refractivity contribution >= 4 is 18.1 Å². The average molecular weight is 632 g/mol. The van der Waals surface area contributed by atoms with Gasteiger partial charge in [0.15, 0.2) is 6.10 Å². The lowest BCUT2D eigenvalue weighted by Gasteiger charge is -2.52. The van der Waals surface area contributed by atoms with Crippen LogP contribution < -0.4 is 0 Å². The third-order valence-corrected chi connectivity index (χ3v) is 8.30. The molecule has 0 saturated carbocycles.